The molecule has 0 fully saturated rings. The minimum atomic E-state index is -0.974. The van der Waals surface area contributed by atoms with Gasteiger partial charge in [0.05, 0.1) is 11.9 Å². The maximum Gasteiger partial charge on any atom is 0.120 e. The lowest BCUT2D eigenvalue weighted by atomic mass is 10.1. The monoisotopic (exact) mass is 373 g/mol. The molecule has 0 aliphatic heterocycles. The molecule has 144 valence electrons. The smallest absolute Gasteiger partial charge is 0.120 e. The van der Waals surface area contributed by atoms with Crippen molar-refractivity contribution in [1.29, 1.82) is 0 Å². The first kappa shape index (κ1) is 19.9. The van der Waals surface area contributed by atoms with E-state index in [0.29, 0.717) is 0 Å². The van der Waals surface area contributed by atoms with E-state index in [2.05, 4.69) is 60.4 Å². The molecule has 0 aliphatic rings. The van der Waals surface area contributed by atoms with Gasteiger partial charge < -0.3 is 10.4 Å². The summed E-state index contributed by atoms with van der Waals surface area (Å²) in [6.07, 6.45) is 1.94. The Kier molecular flexibility index (Phi) is 5.99. The zero-order chi connectivity index (χ0) is 20.1. The molecule has 0 unspecified atom stereocenters. The van der Waals surface area contributed by atoms with E-state index in [0.717, 1.165) is 23.5 Å². The van der Waals surface area contributed by atoms with E-state index in [1.165, 1.54) is 11.1 Å². The minimum Gasteiger partial charge on any atom is -0.378 e. The molecule has 0 bridgehead atoms. The zero-order valence-corrected chi connectivity index (χ0v) is 16.9. The summed E-state index contributed by atoms with van der Waals surface area (Å²) in [7, 11) is 0. The predicted octanol–water partition coefficient (Wildman–Crippen LogP) is 4.15. The molecule has 2 N–H and O–H groups in total. The molecule has 28 heavy (non-hydrogen) atoms. The number of nitrogens with zero attached hydrogens (tertiary/aromatic N) is 2. The van der Waals surface area contributed by atoms with E-state index in [-0.39, 0.29) is 6.04 Å². The van der Waals surface area contributed by atoms with Crippen LogP contribution in [0.5, 0.6) is 0 Å². The highest BCUT2D eigenvalue weighted by Gasteiger charge is 2.14. The standard InChI is InChI=1S/C24H27N3O/c1-18(23-17-26-27(19(23)2)22-8-6-5-7-9-22)25-16-21-12-10-20(11-13-21)14-15-24(3,4)28/h5-13,17-18,25,28H,16H2,1-4H3/t18-/m0/s1. The lowest BCUT2D eigenvalue weighted by Crippen LogP contribution is -2.18. The van der Waals surface area contributed by atoms with Crippen molar-refractivity contribution in [3.05, 3.63) is 83.2 Å². The molecular weight excluding hydrogens is 346 g/mol. The third kappa shape index (κ3) is 5.10. The molecule has 4 heteroatoms. The number of hydrogen-bond donors (Lipinski definition) is 2. The van der Waals surface area contributed by atoms with Gasteiger partial charge in [0.1, 0.15) is 5.60 Å². The fourth-order valence-electron chi connectivity index (χ4n) is 2.99. The summed E-state index contributed by atoms with van der Waals surface area (Å²) in [4.78, 5) is 0. The van der Waals surface area contributed by atoms with Crippen molar-refractivity contribution in [3.8, 4) is 17.5 Å². The Morgan fingerprint density at radius 3 is 2.43 bits per heavy atom. The van der Waals surface area contributed by atoms with Crippen molar-refractivity contribution >= 4 is 0 Å². The van der Waals surface area contributed by atoms with Crippen LogP contribution in [0.25, 0.3) is 5.69 Å². The number of aromatic nitrogens is 2. The highest BCUT2D eigenvalue weighted by molar-refractivity contribution is 5.38. The second-order valence-electron chi connectivity index (χ2n) is 7.54. The average molecular weight is 374 g/mol. The van der Waals surface area contributed by atoms with Gasteiger partial charge in [-0.2, -0.15) is 5.10 Å². The molecule has 0 aliphatic carbocycles. The van der Waals surface area contributed by atoms with Gasteiger partial charge in [-0.05, 0) is 57.5 Å². The number of aliphatic hydroxyl groups is 1. The van der Waals surface area contributed by atoms with Crippen LogP contribution in [-0.2, 0) is 6.54 Å². The van der Waals surface area contributed by atoms with Crippen LogP contribution in [0.15, 0.2) is 60.8 Å². The Morgan fingerprint density at radius 2 is 1.79 bits per heavy atom. The van der Waals surface area contributed by atoms with Gasteiger partial charge in [0.15, 0.2) is 0 Å². The Hall–Kier alpha value is -2.87. The predicted molar refractivity (Wildman–Crippen MR) is 113 cm³/mol. The van der Waals surface area contributed by atoms with Gasteiger partial charge in [0, 0.05) is 29.4 Å². The topological polar surface area (TPSA) is 50.1 Å². The second-order valence-corrected chi connectivity index (χ2v) is 7.54. The van der Waals surface area contributed by atoms with Crippen molar-refractivity contribution in [2.24, 2.45) is 0 Å². The molecule has 0 saturated heterocycles. The van der Waals surface area contributed by atoms with Gasteiger partial charge >= 0.3 is 0 Å². The molecule has 0 spiro atoms. The first-order valence-electron chi connectivity index (χ1n) is 9.51. The number of rotatable bonds is 5. The van der Waals surface area contributed by atoms with E-state index in [1.807, 2.05) is 41.2 Å². The highest BCUT2D eigenvalue weighted by atomic mass is 16.3. The van der Waals surface area contributed by atoms with E-state index < -0.39 is 5.60 Å². The quantitative estimate of drug-likeness (QED) is 0.661. The van der Waals surface area contributed by atoms with E-state index in [1.54, 1.807) is 13.8 Å². The normalized spacial score (nSPS) is 12.3. The highest BCUT2D eigenvalue weighted by Crippen LogP contribution is 2.20. The molecule has 3 aromatic rings. The molecule has 4 nitrogen and oxygen atoms in total. The van der Waals surface area contributed by atoms with Crippen LogP contribution in [0.2, 0.25) is 0 Å². The number of nitrogens with one attached hydrogen (secondary N) is 1. The minimum absolute atomic E-state index is 0.187. The molecule has 1 aromatic heterocycles. The SMILES string of the molecule is Cc1c([C@H](C)NCc2ccc(C#CC(C)(C)O)cc2)cnn1-c1ccccc1. The Labute approximate surface area is 167 Å². The number of para-hydroxylation sites is 1. The fraction of sp³-hybridized carbons (Fsp3) is 0.292. The van der Waals surface area contributed by atoms with E-state index in [4.69, 9.17) is 0 Å². The van der Waals surface area contributed by atoms with Crippen molar-refractivity contribution in [2.45, 2.75) is 45.9 Å². The summed E-state index contributed by atoms with van der Waals surface area (Å²) in [5, 5.41) is 17.8. The van der Waals surface area contributed by atoms with Crippen LogP contribution >= 0.6 is 0 Å². The molecule has 2 aromatic carbocycles. The molecule has 1 heterocycles. The van der Waals surface area contributed by atoms with Crippen molar-refractivity contribution < 1.29 is 5.11 Å². The number of hydrogen-bond acceptors (Lipinski definition) is 3. The fourth-order valence-corrected chi connectivity index (χ4v) is 2.99. The largest absolute Gasteiger partial charge is 0.378 e. The van der Waals surface area contributed by atoms with Crippen LogP contribution in [0.4, 0.5) is 0 Å². The van der Waals surface area contributed by atoms with E-state index in [9.17, 15) is 5.11 Å². The van der Waals surface area contributed by atoms with Crippen molar-refractivity contribution in [3.63, 3.8) is 0 Å². The van der Waals surface area contributed by atoms with Gasteiger partial charge in [-0.25, -0.2) is 4.68 Å². The summed E-state index contributed by atoms with van der Waals surface area (Å²) in [6, 6.07) is 18.5. The molecular formula is C24H27N3O. The summed E-state index contributed by atoms with van der Waals surface area (Å²) in [5.74, 6) is 5.83. The maximum atomic E-state index is 9.69. The molecule has 0 saturated carbocycles. The summed E-state index contributed by atoms with van der Waals surface area (Å²) < 4.78 is 1.98. The summed E-state index contributed by atoms with van der Waals surface area (Å²) in [5.41, 5.74) is 4.52. The van der Waals surface area contributed by atoms with Crippen molar-refractivity contribution in [2.75, 3.05) is 0 Å². The van der Waals surface area contributed by atoms with Gasteiger partial charge in [-0.1, -0.05) is 42.2 Å². The molecule has 0 radical (unpaired) electrons. The molecule has 0 amide bonds. The van der Waals surface area contributed by atoms with Gasteiger partial charge in [0.25, 0.3) is 0 Å². The van der Waals surface area contributed by atoms with Crippen LogP contribution in [0, 0.1) is 18.8 Å². The van der Waals surface area contributed by atoms with Crippen LogP contribution < -0.4 is 5.32 Å². The molecule has 3 rings (SSSR count). The first-order chi connectivity index (χ1) is 13.3. The lowest BCUT2D eigenvalue weighted by Gasteiger charge is -2.14. The van der Waals surface area contributed by atoms with E-state index >= 15 is 0 Å². The second kappa shape index (κ2) is 8.43. The third-order valence-corrected chi connectivity index (χ3v) is 4.59. The third-order valence-electron chi connectivity index (χ3n) is 4.59. The van der Waals surface area contributed by atoms with Crippen LogP contribution in [0.1, 0.15) is 49.2 Å². The Bertz CT molecular complexity index is 971. The summed E-state index contributed by atoms with van der Waals surface area (Å²) >= 11 is 0. The van der Waals surface area contributed by atoms with Gasteiger partial charge in [0.2, 0.25) is 0 Å². The van der Waals surface area contributed by atoms with Crippen LogP contribution in [-0.4, -0.2) is 20.5 Å². The first-order valence-corrected chi connectivity index (χ1v) is 9.51. The number of benzene rings is 2. The Balaban J connectivity index is 1.64. The van der Waals surface area contributed by atoms with Crippen molar-refractivity contribution in [1.82, 2.24) is 15.1 Å². The zero-order valence-electron chi connectivity index (χ0n) is 16.9. The van der Waals surface area contributed by atoms with Gasteiger partial charge in [-0.15, -0.1) is 0 Å². The lowest BCUT2D eigenvalue weighted by molar-refractivity contribution is 0.143. The van der Waals surface area contributed by atoms with Gasteiger partial charge in [-0.3, -0.25) is 0 Å². The maximum absolute atomic E-state index is 9.69. The average Bonchev–Trinajstić information content (AvgIpc) is 3.07. The van der Waals surface area contributed by atoms with Crippen LogP contribution in [0.3, 0.4) is 0 Å². The molecule has 1 atom stereocenters. The Morgan fingerprint density at radius 1 is 1.11 bits per heavy atom. The summed E-state index contributed by atoms with van der Waals surface area (Å²) in [6.45, 7) is 8.38.